The second kappa shape index (κ2) is 7.20. The van der Waals surface area contributed by atoms with Crippen LogP contribution in [-0.2, 0) is 6.54 Å². The average Bonchev–Trinajstić information content (AvgIpc) is 3.37. The van der Waals surface area contributed by atoms with Crippen LogP contribution in [0.3, 0.4) is 0 Å². The van der Waals surface area contributed by atoms with Crippen LogP contribution in [0.4, 0.5) is 0 Å². The molecule has 2 aliphatic rings. The molecular formula is C19H26N4OS. The van der Waals surface area contributed by atoms with Crippen LogP contribution in [0.25, 0.3) is 10.8 Å². The standard InChI is InChI=1S/C19H26N4OS/c1-20-18(23-10-9-19(14-23)7-3-2-4-8-19)21-12-15-13-24-17(22-15)16-6-5-11-25-16/h5-6,11,13H,2-4,7-10,12,14H2,1H3,(H,20,21). The number of hydrogen-bond donors (Lipinski definition) is 1. The third kappa shape index (κ3) is 3.59. The van der Waals surface area contributed by atoms with Crippen LogP contribution >= 0.6 is 11.3 Å². The van der Waals surface area contributed by atoms with Gasteiger partial charge in [0.2, 0.25) is 5.89 Å². The van der Waals surface area contributed by atoms with Gasteiger partial charge < -0.3 is 14.6 Å². The molecule has 1 N–H and O–H groups in total. The molecule has 25 heavy (non-hydrogen) atoms. The van der Waals surface area contributed by atoms with Crippen molar-refractivity contribution in [1.29, 1.82) is 0 Å². The lowest BCUT2D eigenvalue weighted by Gasteiger charge is -2.33. The van der Waals surface area contributed by atoms with Gasteiger partial charge in [0.15, 0.2) is 5.96 Å². The van der Waals surface area contributed by atoms with Gasteiger partial charge in [-0.2, -0.15) is 0 Å². The minimum atomic E-state index is 0.538. The molecule has 6 heteroatoms. The van der Waals surface area contributed by atoms with Crippen molar-refractivity contribution in [2.45, 2.75) is 45.1 Å². The van der Waals surface area contributed by atoms with Crippen molar-refractivity contribution in [3.63, 3.8) is 0 Å². The van der Waals surface area contributed by atoms with Crippen molar-refractivity contribution in [3.8, 4) is 10.8 Å². The van der Waals surface area contributed by atoms with E-state index in [0.29, 0.717) is 17.9 Å². The van der Waals surface area contributed by atoms with Crippen LogP contribution in [0.15, 0.2) is 33.2 Å². The summed E-state index contributed by atoms with van der Waals surface area (Å²) >= 11 is 1.64. The van der Waals surface area contributed by atoms with E-state index in [9.17, 15) is 0 Å². The highest BCUT2D eigenvalue weighted by Gasteiger charge is 2.39. The van der Waals surface area contributed by atoms with E-state index in [1.165, 1.54) is 38.5 Å². The molecule has 3 heterocycles. The lowest BCUT2D eigenvalue weighted by Crippen LogP contribution is -2.41. The Morgan fingerprint density at radius 3 is 3.00 bits per heavy atom. The fraction of sp³-hybridized carbons (Fsp3) is 0.579. The molecule has 2 aromatic rings. The molecule has 1 aliphatic carbocycles. The van der Waals surface area contributed by atoms with Crippen LogP contribution < -0.4 is 5.32 Å². The van der Waals surface area contributed by atoms with E-state index in [4.69, 9.17) is 4.42 Å². The van der Waals surface area contributed by atoms with Gasteiger partial charge in [0.1, 0.15) is 6.26 Å². The third-order valence-electron chi connectivity index (χ3n) is 5.58. The summed E-state index contributed by atoms with van der Waals surface area (Å²) in [6, 6.07) is 4.04. The first-order chi connectivity index (χ1) is 12.3. The predicted molar refractivity (Wildman–Crippen MR) is 102 cm³/mol. The number of thiophene rings is 1. The monoisotopic (exact) mass is 358 g/mol. The lowest BCUT2D eigenvalue weighted by molar-refractivity contribution is 0.203. The van der Waals surface area contributed by atoms with Crippen molar-refractivity contribution in [3.05, 3.63) is 29.5 Å². The lowest BCUT2D eigenvalue weighted by atomic mass is 9.73. The van der Waals surface area contributed by atoms with Crippen molar-refractivity contribution in [2.24, 2.45) is 10.4 Å². The summed E-state index contributed by atoms with van der Waals surface area (Å²) in [6.45, 7) is 2.90. The van der Waals surface area contributed by atoms with Crippen molar-refractivity contribution in [1.82, 2.24) is 15.2 Å². The van der Waals surface area contributed by atoms with Crippen LogP contribution in [0.2, 0.25) is 0 Å². The van der Waals surface area contributed by atoms with Crippen LogP contribution in [0, 0.1) is 5.41 Å². The first kappa shape index (κ1) is 16.6. The third-order valence-corrected chi connectivity index (χ3v) is 6.43. The highest BCUT2D eigenvalue weighted by atomic mass is 32.1. The summed E-state index contributed by atoms with van der Waals surface area (Å²) < 4.78 is 5.60. The van der Waals surface area contributed by atoms with Gasteiger partial charge in [-0.1, -0.05) is 25.3 Å². The molecule has 0 amide bonds. The number of hydrogen-bond acceptors (Lipinski definition) is 4. The maximum atomic E-state index is 5.60. The molecular weight excluding hydrogens is 332 g/mol. The molecule has 2 aromatic heterocycles. The number of nitrogens with zero attached hydrogens (tertiary/aromatic N) is 3. The minimum absolute atomic E-state index is 0.538. The normalized spacial score (nSPS) is 20.4. The first-order valence-electron chi connectivity index (χ1n) is 9.22. The maximum Gasteiger partial charge on any atom is 0.236 e. The van der Waals surface area contributed by atoms with Crippen molar-refractivity contribution >= 4 is 17.3 Å². The Kier molecular flexibility index (Phi) is 4.79. The highest BCUT2D eigenvalue weighted by Crippen LogP contribution is 2.43. The van der Waals surface area contributed by atoms with Gasteiger partial charge in [-0.3, -0.25) is 4.99 Å². The van der Waals surface area contributed by atoms with Crippen LogP contribution in [-0.4, -0.2) is 36.0 Å². The quantitative estimate of drug-likeness (QED) is 0.662. The number of likely N-dealkylation sites (tertiary alicyclic amines) is 1. The fourth-order valence-corrected chi connectivity index (χ4v) is 4.88. The van der Waals surface area contributed by atoms with Gasteiger partial charge in [0.25, 0.3) is 0 Å². The van der Waals surface area contributed by atoms with Gasteiger partial charge >= 0.3 is 0 Å². The molecule has 0 radical (unpaired) electrons. The van der Waals surface area contributed by atoms with E-state index < -0.39 is 0 Å². The van der Waals surface area contributed by atoms with Gasteiger partial charge in [0.05, 0.1) is 17.1 Å². The molecule has 4 rings (SSSR count). The van der Waals surface area contributed by atoms with E-state index in [1.54, 1.807) is 17.6 Å². The second-order valence-corrected chi connectivity index (χ2v) is 8.20. The van der Waals surface area contributed by atoms with Gasteiger partial charge in [-0.25, -0.2) is 4.98 Å². The molecule has 0 atom stereocenters. The zero-order chi connectivity index (χ0) is 17.1. The number of aliphatic imine (C=N–C) groups is 1. The molecule has 1 spiro atoms. The van der Waals surface area contributed by atoms with Gasteiger partial charge in [0, 0.05) is 20.1 Å². The second-order valence-electron chi connectivity index (χ2n) is 7.25. The Labute approximate surface area is 153 Å². The summed E-state index contributed by atoms with van der Waals surface area (Å²) in [5.41, 5.74) is 1.45. The van der Waals surface area contributed by atoms with E-state index in [1.807, 2.05) is 24.6 Å². The number of guanidine groups is 1. The highest BCUT2D eigenvalue weighted by molar-refractivity contribution is 7.13. The van der Waals surface area contributed by atoms with Crippen LogP contribution in [0.1, 0.15) is 44.2 Å². The summed E-state index contributed by atoms with van der Waals surface area (Å²) in [7, 11) is 1.87. The maximum absolute atomic E-state index is 5.60. The average molecular weight is 359 g/mol. The van der Waals surface area contributed by atoms with Crippen LogP contribution in [0.5, 0.6) is 0 Å². The number of aromatic nitrogens is 1. The number of rotatable bonds is 3. The summed E-state index contributed by atoms with van der Waals surface area (Å²) in [4.78, 5) is 12.6. The molecule has 1 saturated carbocycles. The molecule has 1 saturated heterocycles. The number of nitrogens with one attached hydrogen (secondary N) is 1. The van der Waals surface area contributed by atoms with Crippen molar-refractivity contribution in [2.75, 3.05) is 20.1 Å². The minimum Gasteiger partial charge on any atom is -0.443 e. The SMILES string of the molecule is CN=C(NCc1coc(-c2cccs2)n1)N1CCC2(CCCCC2)C1. The van der Waals surface area contributed by atoms with Crippen molar-refractivity contribution < 1.29 is 4.42 Å². The van der Waals surface area contributed by atoms with E-state index in [2.05, 4.69) is 20.2 Å². The zero-order valence-electron chi connectivity index (χ0n) is 14.8. The first-order valence-corrected chi connectivity index (χ1v) is 10.1. The summed E-state index contributed by atoms with van der Waals surface area (Å²) in [5, 5.41) is 5.50. The molecule has 2 fully saturated rings. The summed E-state index contributed by atoms with van der Waals surface area (Å²) in [5.74, 6) is 1.69. The molecule has 1 aliphatic heterocycles. The van der Waals surface area contributed by atoms with E-state index in [0.717, 1.165) is 29.6 Å². The Balaban J connectivity index is 1.35. The predicted octanol–water partition coefficient (Wildman–Crippen LogP) is 4.13. The van der Waals surface area contributed by atoms with E-state index in [-0.39, 0.29) is 0 Å². The Hall–Kier alpha value is -1.82. The molecule has 134 valence electrons. The Morgan fingerprint density at radius 1 is 1.36 bits per heavy atom. The molecule has 0 bridgehead atoms. The smallest absolute Gasteiger partial charge is 0.236 e. The zero-order valence-corrected chi connectivity index (χ0v) is 15.6. The summed E-state index contributed by atoms with van der Waals surface area (Å²) in [6.07, 6.45) is 10.0. The van der Waals surface area contributed by atoms with E-state index >= 15 is 0 Å². The Bertz CT molecular complexity index is 716. The van der Waals surface area contributed by atoms with Gasteiger partial charge in [-0.05, 0) is 36.1 Å². The van der Waals surface area contributed by atoms with Gasteiger partial charge in [-0.15, -0.1) is 11.3 Å². The largest absolute Gasteiger partial charge is 0.443 e. The topological polar surface area (TPSA) is 53.7 Å². The molecule has 5 nitrogen and oxygen atoms in total. The Morgan fingerprint density at radius 2 is 2.24 bits per heavy atom. The molecule has 0 aromatic carbocycles. The molecule has 0 unspecified atom stereocenters. The number of oxazole rings is 1. The fourth-order valence-electron chi connectivity index (χ4n) is 4.23.